The number of amides is 2. The molecule has 0 saturated carbocycles. The SMILES string of the molecule is NC(N)=NC(=O)NCC(CO)OCP(=O)(O)O. The lowest BCUT2D eigenvalue weighted by Crippen LogP contribution is -2.36. The summed E-state index contributed by atoms with van der Waals surface area (Å²) in [4.78, 5) is 31.1. The van der Waals surface area contributed by atoms with E-state index in [1.54, 1.807) is 0 Å². The van der Waals surface area contributed by atoms with E-state index in [0.29, 0.717) is 0 Å². The van der Waals surface area contributed by atoms with Gasteiger partial charge in [0.25, 0.3) is 0 Å². The molecule has 17 heavy (non-hydrogen) atoms. The molecule has 1 atom stereocenters. The summed E-state index contributed by atoms with van der Waals surface area (Å²) in [6.07, 6.45) is -1.81. The molecule has 0 aliphatic rings. The number of nitrogens with zero attached hydrogens (tertiary/aromatic N) is 1. The molecule has 0 bridgehead atoms. The Morgan fingerprint density at radius 3 is 2.47 bits per heavy atom. The Morgan fingerprint density at radius 2 is 2.06 bits per heavy atom. The van der Waals surface area contributed by atoms with Gasteiger partial charge in [-0.15, -0.1) is 0 Å². The van der Waals surface area contributed by atoms with Gasteiger partial charge in [0, 0.05) is 6.54 Å². The molecule has 0 rings (SSSR count). The number of nitrogens with two attached hydrogens (primary N) is 2. The summed E-state index contributed by atoms with van der Waals surface area (Å²) in [5.41, 5.74) is 9.86. The van der Waals surface area contributed by atoms with Crippen LogP contribution in [0.25, 0.3) is 0 Å². The number of aliphatic imine (C=N–C) groups is 1. The second kappa shape index (κ2) is 7.20. The van der Waals surface area contributed by atoms with E-state index >= 15 is 0 Å². The average molecular weight is 270 g/mol. The summed E-state index contributed by atoms with van der Waals surface area (Å²) in [5, 5.41) is 11.0. The van der Waals surface area contributed by atoms with Crippen LogP contribution in [0.2, 0.25) is 0 Å². The number of nitrogens with one attached hydrogen (secondary N) is 1. The first-order valence-electron chi connectivity index (χ1n) is 4.39. The number of urea groups is 1. The summed E-state index contributed by atoms with van der Waals surface area (Å²) in [5.74, 6) is -0.431. The van der Waals surface area contributed by atoms with Crippen molar-refractivity contribution >= 4 is 19.6 Å². The second-order valence-corrected chi connectivity index (χ2v) is 4.58. The number of guanidine groups is 1. The highest BCUT2D eigenvalue weighted by Crippen LogP contribution is 2.34. The third kappa shape index (κ3) is 9.72. The Balaban J connectivity index is 4.03. The van der Waals surface area contributed by atoms with E-state index in [1.165, 1.54) is 0 Å². The molecule has 0 radical (unpaired) electrons. The molecule has 2 amide bonds. The number of aliphatic hydroxyl groups excluding tert-OH is 1. The zero-order valence-corrected chi connectivity index (χ0v) is 9.71. The maximum atomic E-state index is 10.9. The van der Waals surface area contributed by atoms with Crippen molar-refractivity contribution in [2.24, 2.45) is 16.5 Å². The van der Waals surface area contributed by atoms with Crippen LogP contribution in [0.5, 0.6) is 0 Å². The number of hydrogen-bond donors (Lipinski definition) is 6. The molecule has 100 valence electrons. The molecule has 0 heterocycles. The standard InChI is InChI=1S/C6H15N4O6P/c7-5(8)10-6(12)9-1-4(2-11)16-3-17(13,14)15/h4,11H,1-3H2,(H2,13,14,15)(H5,7,8,9,10,12). The number of aliphatic hydroxyl groups is 1. The number of carbonyl (C=O) groups is 1. The molecule has 0 aromatic carbocycles. The Bertz CT molecular complexity index is 324. The van der Waals surface area contributed by atoms with Crippen molar-refractivity contribution in [3.05, 3.63) is 0 Å². The van der Waals surface area contributed by atoms with E-state index < -0.39 is 38.6 Å². The minimum Gasteiger partial charge on any atom is -0.394 e. The van der Waals surface area contributed by atoms with Crippen molar-refractivity contribution in [2.75, 3.05) is 19.5 Å². The monoisotopic (exact) mass is 270 g/mol. The fourth-order valence-electron chi connectivity index (χ4n) is 0.737. The van der Waals surface area contributed by atoms with Crippen LogP contribution < -0.4 is 16.8 Å². The van der Waals surface area contributed by atoms with Crippen molar-refractivity contribution < 1.29 is 29.0 Å². The van der Waals surface area contributed by atoms with Gasteiger partial charge in [0.15, 0.2) is 5.96 Å². The Labute approximate surface area is 96.8 Å². The second-order valence-electron chi connectivity index (χ2n) is 2.99. The van der Waals surface area contributed by atoms with Gasteiger partial charge in [-0.05, 0) is 0 Å². The molecule has 0 saturated heterocycles. The van der Waals surface area contributed by atoms with Crippen LogP contribution in [0.4, 0.5) is 4.79 Å². The van der Waals surface area contributed by atoms with E-state index in [2.05, 4.69) is 15.0 Å². The van der Waals surface area contributed by atoms with Crippen molar-refractivity contribution in [3.63, 3.8) is 0 Å². The van der Waals surface area contributed by atoms with Gasteiger partial charge in [0.1, 0.15) is 6.35 Å². The Hall–Kier alpha value is -1.19. The van der Waals surface area contributed by atoms with Crippen LogP contribution in [0.3, 0.4) is 0 Å². The molecule has 8 N–H and O–H groups in total. The van der Waals surface area contributed by atoms with Gasteiger partial charge in [0.05, 0.1) is 12.7 Å². The molecular weight excluding hydrogens is 255 g/mol. The zero-order chi connectivity index (χ0) is 13.5. The molecule has 0 aromatic rings. The van der Waals surface area contributed by atoms with Crippen molar-refractivity contribution in [1.82, 2.24) is 5.32 Å². The third-order valence-corrected chi connectivity index (χ3v) is 1.88. The van der Waals surface area contributed by atoms with Crippen LogP contribution in [-0.2, 0) is 9.30 Å². The number of hydrogen-bond acceptors (Lipinski definition) is 4. The molecular formula is C6H15N4O6P. The maximum Gasteiger partial charge on any atom is 0.350 e. The largest absolute Gasteiger partial charge is 0.394 e. The minimum atomic E-state index is -4.32. The summed E-state index contributed by atoms with van der Waals surface area (Å²) in [6.45, 7) is -0.714. The first kappa shape index (κ1) is 15.8. The molecule has 0 spiro atoms. The topological polar surface area (TPSA) is 180 Å². The van der Waals surface area contributed by atoms with Crippen molar-refractivity contribution in [3.8, 4) is 0 Å². The zero-order valence-electron chi connectivity index (χ0n) is 8.81. The smallest absolute Gasteiger partial charge is 0.350 e. The molecule has 0 aliphatic heterocycles. The molecule has 1 unspecified atom stereocenters. The van der Waals surface area contributed by atoms with E-state index in [0.717, 1.165) is 0 Å². The van der Waals surface area contributed by atoms with Gasteiger partial charge in [-0.1, -0.05) is 0 Å². The maximum absolute atomic E-state index is 10.9. The van der Waals surface area contributed by atoms with Crippen LogP contribution >= 0.6 is 7.60 Å². The van der Waals surface area contributed by atoms with Crippen molar-refractivity contribution in [1.29, 1.82) is 0 Å². The van der Waals surface area contributed by atoms with Crippen molar-refractivity contribution in [2.45, 2.75) is 6.10 Å². The predicted molar refractivity (Wildman–Crippen MR) is 58.1 cm³/mol. The van der Waals surface area contributed by atoms with E-state index in [1.807, 2.05) is 0 Å². The highest BCUT2D eigenvalue weighted by Gasteiger charge is 2.17. The van der Waals surface area contributed by atoms with Gasteiger partial charge < -0.3 is 36.4 Å². The van der Waals surface area contributed by atoms with Crippen LogP contribution in [0.1, 0.15) is 0 Å². The van der Waals surface area contributed by atoms with Gasteiger partial charge in [-0.25, -0.2) is 4.79 Å². The lowest BCUT2D eigenvalue weighted by molar-refractivity contribution is 0.0326. The number of ether oxygens (including phenoxy) is 1. The first-order chi connectivity index (χ1) is 7.74. The first-order valence-corrected chi connectivity index (χ1v) is 6.19. The fourth-order valence-corrected chi connectivity index (χ4v) is 1.14. The molecule has 0 aromatic heterocycles. The molecule has 0 aliphatic carbocycles. The summed E-state index contributed by atoms with van der Waals surface area (Å²) >= 11 is 0. The van der Waals surface area contributed by atoms with Crippen LogP contribution in [-0.4, -0.2) is 52.5 Å². The fraction of sp³-hybridized carbons (Fsp3) is 0.667. The number of rotatable bonds is 6. The van der Waals surface area contributed by atoms with Gasteiger partial charge in [-0.2, -0.15) is 4.99 Å². The van der Waals surface area contributed by atoms with E-state index in [4.69, 9.17) is 26.4 Å². The average Bonchev–Trinajstić information content (AvgIpc) is 2.15. The quantitative estimate of drug-likeness (QED) is 0.174. The Morgan fingerprint density at radius 1 is 1.47 bits per heavy atom. The van der Waals surface area contributed by atoms with E-state index in [9.17, 15) is 9.36 Å². The van der Waals surface area contributed by atoms with E-state index in [-0.39, 0.29) is 6.54 Å². The summed E-state index contributed by atoms with van der Waals surface area (Å²) in [7, 11) is -4.32. The highest BCUT2D eigenvalue weighted by atomic mass is 31.2. The predicted octanol–water partition coefficient (Wildman–Crippen LogP) is -2.52. The van der Waals surface area contributed by atoms with Crippen LogP contribution in [0, 0.1) is 0 Å². The van der Waals surface area contributed by atoms with Gasteiger partial charge >= 0.3 is 13.6 Å². The summed E-state index contributed by atoms with van der Waals surface area (Å²) < 4.78 is 15.2. The third-order valence-electron chi connectivity index (χ3n) is 1.39. The minimum absolute atomic E-state index is 0.188. The van der Waals surface area contributed by atoms with Gasteiger partial charge in [0.2, 0.25) is 0 Å². The Kier molecular flexibility index (Phi) is 6.69. The van der Waals surface area contributed by atoms with Crippen LogP contribution in [0.15, 0.2) is 4.99 Å². The molecule has 0 fully saturated rings. The lowest BCUT2D eigenvalue weighted by Gasteiger charge is -2.15. The lowest BCUT2D eigenvalue weighted by atomic mass is 10.4. The summed E-state index contributed by atoms with van der Waals surface area (Å²) in [6, 6.07) is -0.844. The molecule has 10 nitrogen and oxygen atoms in total. The normalized spacial score (nSPS) is 12.9. The highest BCUT2D eigenvalue weighted by molar-refractivity contribution is 7.51. The number of carbonyl (C=O) groups excluding carboxylic acids is 1. The molecule has 11 heteroatoms. The van der Waals surface area contributed by atoms with Gasteiger partial charge in [-0.3, -0.25) is 4.57 Å².